The van der Waals surface area contributed by atoms with Crippen LogP contribution in [-0.4, -0.2) is 23.7 Å². The van der Waals surface area contributed by atoms with Crippen molar-refractivity contribution in [1.82, 2.24) is 0 Å². The molecule has 0 unspecified atom stereocenters. The third kappa shape index (κ3) is 5.51. The van der Waals surface area contributed by atoms with Crippen molar-refractivity contribution in [2.45, 2.75) is 33.2 Å². The van der Waals surface area contributed by atoms with E-state index in [-0.39, 0.29) is 11.5 Å². The van der Waals surface area contributed by atoms with E-state index in [0.717, 1.165) is 17.7 Å². The molecule has 0 aliphatic rings. The number of carbonyl (C=O) groups is 2. The highest BCUT2D eigenvalue weighted by atomic mass is 16.6. The summed E-state index contributed by atoms with van der Waals surface area (Å²) in [4.78, 5) is 22.6. The Morgan fingerprint density at radius 3 is 2.38 bits per heavy atom. The van der Waals surface area contributed by atoms with Crippen LogP contribution in [0.25, 0.3) is 0 Å². The molecule has 0 amide bonds. The molecule has 0 aromatic heterocycles. The Balaban J connectivity index is 2.05. The molecule has 0 atom stereocenters. The van der Waals surface area contributed by atoms with E-state index in [1.165, 1.54) is 0 Å². The Bertz CT molecular complexity index is 755. The monoisotopic (exact) mass is 357 g/mol. The van der Waals surface area contributed by atoms with Crippen molar-refractivity contribution in [3.63, 3.8) is 0 Å². The predicted octanol–water partition coefficient (Wildman–Crippen LogP) is 4.10. The molecule has 2 aromatic rings. The van der Waals surface area contributed by atoms with Gasteiger partial charge in [-0.3, -0.25) is 4.79 Å². The molecule has 0 spiro atoms. The number of rotatable bonds is 9. The molecule has 0 aliphatic carbocycles. The molecular formula is C20H23NO5. The van der Waals surface area contributed by atoms with Crippen LogP contribution in [0.5, 0.6) is 11.5 Å². The van der Waals surface area contributed by atoms with Gasteiger partial charge in [-0.2, -0.15) is 0 Å². The Hall–Kier alpha value is -3.02. The first kappa shape index (κ1) is 19.3. The lowest BCUT2D eigenvalue weighted by Gasteiger charge is -2.13. The second kappa shape index (κ2) is 9.46. The number of carboxylic acids is 1. The molecule has 138 valence electrons. The van der Waals surface area contributed by atoms with Gasteiger partial charge in [0, 0.05) is 18.7 Å². The first-order valence-corrected chi connectivity index (χ1v) is 8.57. The summed E-state index contributed by atoms with van der Waals surface area (Å²) in [6.07, 6.45) is 1.09. The summed E-state index contributed by atoms with van der Waals surface area (Å²) in [5.74, 6) is -0.290. The fourth-order valence-corrected chi connectivity index (χ4v) is 2.33. The summed E-state index contributed by atoms with van der Waals surface area (Å²) < 4.78 is 10.9. The number of anilines is 1. The maximum atomic E-state index is 11.7. The second-order valence-corrected chi connectivity index (χ2v) is 5.67. The molecule has 0 bridgehead atoms. The van der Waals surface area contributed by atoms with Crippen molar-refractivity contribution in [2.24, 2.45) is 0 Å². The molecule has 0 saturated heterocycles. The quantitative estimate of drug-likeness (QED) is 0.519. The number of benzene rings is 2. The van der Waals surface area contributed by atoms with Gasteiger partial charge in [0.15, 0.2) is 11.5 Å². The lowest BCUT2D eigenvalue weighted by atomic mass is 10.1. The molecule has 6 nitrogen and oxygen atoms in total. The molecule has 2 rings (SSSR count). The minimum atomic E-state index is -0.953. The van der Waals surface area contributed by atoms with Crippen LogP contribution in [0.2, 0.25) is 0 Å². The van der Waals surface area contributed by atoms with Gasteiger partial charge < -0.3 is 19.9 Å². The molecule has 0 heterocycles. The number of ether oxygens (including phenoxy) is 2. The van der Waals surface area contributed by atoms with Crippen LogP contribution in [0.4, 0.5) is 5.69 Å². The zero-order chi connectivity index (χ0) is 18.9. The van der Waals surface area contributed by atoms with Gasteiger partial charge in [-0.1, -0.05) is 13.0 Å². The van der Waals surface area contributed by atoms with Crippen LogP contribution in [0.1, 0.15) is 42.6 Å². The molecule has 26 heavy (non-hydrogen) atoms. The standard InChI is InChI=1S/C20H23NO5/c1-3-5-19(22)26-17-11-6-14(12-18(17)25-4-2)13-21-16-9-7-15(8-10-16)20(23)24/h6-12,21H,3-5,13H2,1-2H3,(H,23,24). The van der Waals surface area contributed by atoms with E-state index in [9.17, 15) is 9.59 Å². The van der Waals surface area contributed by atoms with E-state index < -0.39 is 5.97 Å². The van der Waals surface area contributed by atoms with Gasteiger partial charge in [-0.25, -0.2) is 4.79 Å². The van der Waals surface area contributed by atoms with Gasteiger partial charge in [0.05, 0.1) is 12.2 Å². The summed E-state index contributed by atoms with van der Waals surface area (Å²) in [6.45, 7) is 4.77. The Morgan fingerprint density at radius 2 is 1.77 bits per heavy atom. The lowest BCUT2D eigenvalue weighted by Crippen LogP contribution is -2.09. The van der Waals surface area contributed by atoms with Gasteiger partial charge in [-0.15, -0.1) is 0 Å². The number of esters is 1. The third-order valence-electron chi connectivity index (χ3n) is 3.61. The van der Waals surface area contributed by atoms with Crippen molar-refractivity contribution in [3.8, 4) is 11.5 Å². The summed E-state index contributed by atoms with van der Waals surface area (Å²) in [5, 5.41) is 12.1. The van der Waals surface area contributed by atoms with Crippen molar-refractivity contribution in [1.29, 1.82) is 0 Å². The van der Waals surface area contributed by atoms with E-state index >= 15 is 0 Å². The minimum absolute atomic E-state index is 0.243. The van der Waals surface area contributed by atoms with Crippen LogP contribution < -0.4 is 14.8 Å². The van der Waals surface area contributed by atoms with Crippen LogP contribution in [0.3, 0.4) is 0 Å². The van der Waals surface area contributed by atoms with Gasteiger partial charge in [0.2, 0.25) is 0 Å². The second-order valence-electron chi connectivity index (χ2n) is 5.67. The van der Waals surface area contributed by atoms with Crippen LogP contribution in [0, 0.1) is 0 Å². The molecule has 2 aromatic carbocycles. The molecular weight excluding hydrogens is 334 g/mol. The molecule has 0 saturated carbocycles. The normalized spacial score (nSPS) is 10.2. The number of carbonyl (C=O) groups excluding carboxylic acids is 1. The minimum Gasteiger partial charge on any atom is -0.490 e. The van der Waals surface area contributed by atoms with E-state index in [1.54, 1.807) is 30.3 Å². The summed E-state index contributed by atoms with van der Waals surface area (Å²) >= 11 is 0. The zero-order valence-corrected chi connectivity index (χ0v) is 15.0. The van der Waals surface area contributed by atoms with E-state index in [4.69, 9.17) is 14.6 Å². The third-order valence-corrected chi connectivity index (χ3v) is 3.61. The SMILES string of the molecule is CCCC(=O)Oc1ccc(CNc2ccc(C(=O)O)cc2)cc1OCC. The summed E-state index contributed by atoms with van der Waals surface area (Å²) in [7, 11) is 0. The van der Waals surface area contributed by atoms with Gasteiger partial charge in [0.1, 0.15) is 0 Å². The fraction of sp³-hybridized carbons (Fsp3) is 0.300. The van der Waals surface area contributed by atoms with Crippen LogP contribution in [0.15, 0.2) is 42.5 Å². The van der Waals surface area contributed by atoms with Gasteiger partial charge in [-0.05, 0) is 55.3 Å². The molecule has 6 heteroatoms. The van der Waals surface area contributed by atoms with E-state index in [2.05, 4.69) is 5.32 Å². The van der Waals surface area contributed by atoms with Crippen molar-refractivity contribution in [3.05, 3.63) is 53.6 Å². The van der Waals surface area contributed by atoms with Crippen LogP contribution >= 0.6 is 0 Å². The number of carboxylic acid groups (broad SMARTS) is 1. The molecule has 0 fully saturated rings. The highest BCUT2D eigenvalue weighted by Crippen LogP contribution is 2.29. The maximum Gasteiger partial charge on any atom is 0.335 e. The Morgan fingerprint density at radius 1 is 1.04 bits per heavy atom. The van der Waals surface area contributed by atoms with Gasteiger partial charge in [0.25, 0.3) is 0 Å². The molecule has 0 radical (unpaired) electrons. The molecule has 2 N–H and O–H groups in total. The van der Waals surface area contributed by atoms with Crippen molar-refractivity contribution in [2.75, 3.05) is 11.9 Å². The summed E-state index contributed by atoms with van der Waals surface area (Å²) in [6, 6.07) is 11.9. The summed E-state index contributed by atoms with van der Waals surface area (Å²) in [5.41, 5.74) is 2.00. The average molecular weight is 357 g/mol. The van der Waals surface area contributed by atoms with Crippen molar-refractivity contribution < 1.29 is 24.2 Å². The van der Waals surface area contributed by atoms with Crippen LogP contribution in [-0.2, 0) is 11.3 Å². The highest BCUT2D eigenvalue weighted by molar-refractivity contribution is 5.88. The Labute approximate surface area is 152 Å². The first-order chi connectivity index (χ1) is 12.5. The lowest BCUT2D eigenvalue weighted by molar-refractivity contribution is -0.134. The van der Waals surface area contributed by atoms with E-state index in [0.29, 0.717) is 31.1 Å². The van der Waals surface area contributed by atoms with E-state index in [1.807, 2.05) is 26.0 Å². The zero-order valence-electron chi connectivity index (χ0n) is 15.0. The smallest absolute Gasteiger partial charge is 0.335 e. The Kier molecular flexibility index (Phi) is 7.02. The predicted molar refractivity (Wildman–Crippen MR) is 98.9 cm³/mol. The number of aromatic carboxylic acids is 1. The van der Waals surface area contributed by atoms with Gasteiger partial charge >= 0.3 is 11.9 Å². The maximum absolute atomic E-state index is 11.7. The number of nitrogens with one attached hydrogen (secondary N) is 1. The largest absolute Gasteiger partial charge is 0.490 e. The average Bonchev–Trinajstić information content (AvgIpc) is 2.62. The highest BCUT2D eigenvalue weighted by Gasteiger charge is 2.11. The number of hydrogen-bond donors (Lipinski definition) is 2. The molecule has 0 aliphatic heterocycles. The topological polar surface area (TPSA) is 84.9 Å². The fourth-order valence-electron chi connectivity index (χ4n) is 2.33. The van der Waals surface area contributed by atoms with Crippen molar-refractivity contribution >= 4 is 17.6 Å². The first-order valence-electron chi connectivity index (χ1n) is 8.57. The number of hydrogen-bond acceptors (Lipinski definition) is 5.